The molecule has 1 saturated heterocycles. The second-order valence-electron chi connectivity index (χ2n) is 9.32. The Labute approximate surface area is 163 Å². The minimum absolute atomic E-state index is 0.134. The van der Waals surface area contributed by atoms with E-state index in [4.69, 9.17) is 9.15 Å². The largest absolute Gasteiger partial charge is 0.454 e. The number of ether oxygens (including phenoxy) is 1. The average molecular weight is 386 g/mol. The maximum Gasteiger partial charge on any atom is 0.420 e. The zero-order valence-electron chi connectivity index (χ0n) is 16.6. The number of benzene rings is 1. The van der Waals surface area contributed by atoms with Crippen molar-refractivity contribution < 1.29 is 18.7 Å². The Balaban J connectivity index is 1.38. The molecule has 2 bridgehead atoms. The summed E-state index contributed by atoms with van der Waals surface area (Å²) in [6.07, 6.45) is 3.07. The Kier molecular flexibility index (Phi) is 4.36. The highest BCUT2D eigenvalue weighted by Crippen LogP contribution is 2.52. The molecule has 0 spiro atoms. The predicted octanol–water partition coefficient (Wildman–Crippen LogP) is 2.56. The molecule has 4 rings (SSSR count). The van der Waals surface area contributed by atoms with E-state index in [2.05, 4.69) is 20.8 Å². The molecule has 7 heteroatoms. The monoisotopic (exact) mass is 386 g/mol. The van der Waals surface area contributed by atoms with Crippen LogP contribution < -0.4 is 5.76 Å². The van der Waals surface area contributed by atoms with E-state index < -0.39 is 11.7 Å². The molecule has 1 aromatic carbocycles. The number of carbonyl (C=O) groups is 2. The van der Waals surface area contributed by atoms with Crippen LogP contribution >= 0.6 is 0 Å². The lowest BCUT2D eigenvalue weighted by atomic mass is 9.65. The van der Waals surface area contributed by atoms with Crippen LogP contribution in [-0.4, -0.2) is 40.5 Å². The van der Waals surface area contributed by atoms with Crippen LogP contribution in [0.25, 0.3) is 11.1 Å². The van der Waals surface area contributed by atoms with Crippen LogP contribution in [0.15, 0.2) is 33.5 Å². The van der Waals surface area contributed by atoms with Gasteiger partial charge in [-0.1, -0.05) is 32.9 Å². The lowest BCUT2D eigenvalue weighted by molar-refractivity contribution is -0.153. The summed E-state index contributed by atoms with van der Waals surface area (Å²) in [5, 5.41) is 0. The second-order valence-corrected chi connectivity index (χ2v) is 9.32. The van der Waals surface area contributed by atoms with Crippen LogP contribution in [0.4, 0.5) is 0 Å². The number of hydrogen-bond donors (Lipinski definition) is 0. The van der Waals surface area contributed by atoms with E-state index in [1.807, 2.05) is 4.90 Å². The summed E-state index contributed by atoms with van der Waals surface area (Å²) >= 11 is 0. The summed E-state index contributed by atoms with van der Waals surface area (Å²) in [6.45, 7) is 6.87. The number of amides is 1. The first-order valence-electron chi connectivity index (χ1n) is 9.69. The number of oxazole rings is 1. The highest BCUT2D eigenvalue weighted by molar-refractivity contribution is 5.82. The smallest absolute Gasteiger partial charge is 0.420 e. The molecule has 2 aliphatic rings. The molecule has 1 saturated carbocycles. The summed E-state index contributed by atoms with van der Waals surface area (Å²) in [6, 6.07) is 7.08. The molecule has 2 aromatic rings. The molecule has 0 N–H and O–H groups in total. The predicted molar refractivity (Wildman–Crippen MR) is 103 cm³/mol. The molecule has 0 unspecified atom stereocenters. The number of likely N-dealkylation sites (tertiary alicyclic amines) is 1. The molecule has 0 radical (unpaired) electrons. The van der Waals surface area contributed by atoms with Gasteiger partial charge in [-0.25, -0.2) is 4.79 Å². The Morgan fingerprint density at radius 2 is 1.96 bits per heavy atom. The lowest BCUT2D eigenvalue weighted by Crippen LogP contribution is -2.40. The average Bonchev–Trinajstić information content (AvgIpc) is 3.05. The zero-order valence-corrected chi connectivity index (χ0v) is 16.6. The lowest BCUT2D eigenvalue weighted by Gasteiger charge is -2.39. The molecule has 28 heavy (non-hydrogen) atoms. The Morgan fingerprint density at radius 1 is 1.21 bits per heavy atom. The molecule has 2 fully saturated rings. The van der Waals surface area contributed by atoms with E-state index in [9.17, 15) is 14.4 Å². The molecule has 2 heterocycles. The number of fused-ring (bicyclic) bond motifs is 3. The molecule has 1 amide bonds. The van der Waals surface area contributed by atoms with Gasteiger partial charge in [-0.2, -0.15) is 0 Å². The zero-order chi connectivity index (χ0) is 20.1. The second kappa shape index (κ2) is 6.50. The molecule has 2 atom stereocenters. The van der Waals surface area contributed by atoms with Crippen LogP contribution in [0.5, 0.6) is 0 Å². The van der Waals surface area contributed by atoms with Crippen LogP contribution in [0, 0.1) is 10.8 Å². The third-order valence-electron chi connectivity index (χ3n) is 5.95. The fourth-order valence-electron chi connectivity index (χ4n) is 5.32. The van der Waals surface area contributed by atoms with Gasteiger partial charge in [0.15, 0.2) is 12.2 Å². The summed E-state index contributed by atoms with van der Waals surface area (Å²) < 4.78 is 11.5. The molecular formula is C21H26N2O5. The minimum Gasteiger partial charge on any atom is -0.454 e. The van der Waals surface area contributed by atoms with Gasteiger partial charge in [-0.3, -0.25) is 14.2 Å². The van der Waals surface area contributed by atoms with Gasteiger partial charge in [0.25, 0.3) is 5.91 Å². The molecule has 1 aromatic heterocycles. The van der Waals surface area contributed by atoms with Crippen molar-refractivity contribution in [2.45, 2.75) is 52.6 Å². The van der Waals surface area contributed by atoms with Gasteiger partial charge in [0, 0.05) is 12.6 Å². The van der Waals surface area contributed by atoms with Gasteiger partial charge >= 0.3 is 11.7 Å². The fraction of sp³-hybridized carbons (Fsp3) is 0.571. The van der Waals surface area contributed by atoms with E-state index in [0.29, 0.717) is 17.6 Å². The highest BCUT2D eigenvalue weighted by atomic mass is 16.5. The van der Waals surface area contributed by atoms with Crippen LogP contribution in [0.3, 0.4) is 0 Å². The fourth-order valence-corrected chi connectivity index (χ4v) is 5.32. The first-order valence-corrected chi connectivity index (χ1v) is 9.69. The van der Waals surface area contributed by atoms with Gasteiger partial charge < -0.3 is 14.1 Å². The van der Waals surface area contributed by atoms with Gasteiger partial charge in [-0.15, -0.1) is 0 Å². The van der Waals surface area contributed by atoms with Crippen molar-refractivity contribution in [2.75, 3.05) is 13.2 Å². The topological polar surface area (TPSA) is 81.8 Å². The van der Waals surface area contributed by atoms with E-state index in [0.717, 1.165) is 19.3 Å². The first-order chi connectivity index (χ1) is 13.2. The van der Waals surface area contributed by atoms with Crippen molar-refractivity contribution in [3.05, 3.63) is 34.8 Å². The summed E-state index contributed by atoms with van der Waals surface area (Å²) in [5.74, 6) is -1.41. The SMILES string of the molecule is CC1(C)C[C@H]2C[C@](C)(CN2C(=O)COC(=O)Cn2c(=O)oc3ccccc32)C1. The number of nitrogens with zero attached hydrogens (tertiary/aromatic N) is 2. The maximum absolute atomic E-state index is 12.7. The number of para-hydroxylation sites is 2. The van der Waals surface area contributed by atoms with E-state index in [1.54, 1.807) is 24.3 Å². The van der Waals surface area contributed by atoms with Gasteiger partial charge in [-0.05, 0) is 42.2 Å². The molecule has 1 aliphatic heterocycles. The first kappa shape index (κ1) is 18.8. The van der Waals surface area contributed by atoms with Gasteiger partial charge in [0.2, 0.25) is 0 Å². The Hall–Kier alpha value is -2.57. The van der Waals surface area contributed by atoms with Gasteiger partial charge in [0.05, 0.1) is 5.52 Å². The quantitative estimate of drug-likeness (QED) is 0.755. The summed E-state index contributed by atoms with van der Waals surface area (Å²) in [7, 11) is 0. The standard InChI is InChI=1S/C21H26N2O5/c1-20(2)8-14-9-21(3,12-20)13-23(14)17(24)11-27-18(25)10-22-15-6-4-5-7-16(15)28-19(22)26/h4-7,14H,8-13H2,1-3H3/t14-,21-/m0/s1. The molecule has 7 nitrogen and oxygen atoms in total. The maximum atomic E-state index is 12.7. The minimum atomic E-state index is -0.629. The number of carbonyl (C=O) groups excluding carboxylic acids is 2. The van der Waals surface area contributed by atoms with Crippen molar-refractivity contribution in [2.24, 2.45) is 10.8 Å². The Bertz CT molecular complexity index is 988. The van der Waals surface area contributed by atoms with Crippen molar-refractivity contribution in [1.82, 2.24) is 9.47 Å². The Morgan fingerprint density at radius 3 is 2.75 bits per heavy atom. The van der Waals surface area contributed by atoms with Crippen molar-refractivity contribution >= 4 is 23.0 Å². The molecule has 150 valence electrons. The van der Waals surface area contributed by atoms with Crippen LogP contribution in [0.1, 0.15) is 40.0 Å². The van der Waals surface area contributed by atoms with Crippen LogP contribution in [-0.2, 0) is 20.9 Å². The summed E-state index contributed by atoms with van der Waals surface area (Å²) in [4.78, 5) is 38.7. The third-order valence-corrected chi connectivity index (χ3v) is 5.95. The van der Waals surface area contributed by atoms with Gasteiger partial charge in [0.1, 0.15) is 6.54 Å². The number of esters is 1. The number of rotatable bonds is 4. The molecule has 1 aliphatic carbocycles. The van der Waals surface area contributed by atoms with E-state index in [1.165, 1.54) is 4.57 Å². The van der Waals surface area contributed by atoms with Crippen molar-refractivity contribution in [3.8, 4) is 0 Å². The number of hydrogen-bond acceptors (Lipinski definition) is 5. The normalized spacial score (nSPS) is 25.8. The highest BCUT2D eigenvalue weighted by Gasteiger charge is 2.50. The third kappa shape index (κ3) is 3.45. The van der Waals surface area contributed by atoms with Crippen molar-refractivity contribution in [1.29, 1.82) is 0 Å². The molecular weight excluding hydrogens is 360 g/mol. The number of aromatic nitrogens is 1. The van der Waals surface area contributed by atoms with E-state index in [-0.39, 0.29) is 35.9 Å². The van der Waals surface area contributed by atoms with E-state index >= 15 is 0 Å². The van der Waals surface area contributed by atoms with Crippen molar-refractivity contribution in [3.63, 3.8) is 0 Å². The van der Waals surface area contributed by atoms with Crippen LogP contribution in [0.2, 0.25) is 0 Å². The summed E-state index contributed by atoms with van der Waals surface area (Å²) in [5.41, 5.74) is 1.29.